The topological polar surface area (TPSA) is 113 Å². The van der Waals surface area contributed by atoms with Crippen molar-refractivity contribution >= 4 is 27.6 Å². The Morgan fingerprint density at radius 2 is 1.97 bits per heavy atom. The highest BCUT2D eigenvalue weighted by Crippen LogP contribution is 2.35. The van der Waals surface area contributed by atoms with Crippen molar-refractivity contribution in [2.75, 3.05) is 0 Å². The first-order chi connectivity index (χ1) is 15.0. The predicted octanol–water partition coefficient (Wildman–Crippen LogP) is 2.39. The maximum atomic E-state index is 13.5. The lowest BCUT2D eigenvalue weighted by Gasteiger charge is -2.32. The number of carbonyl (C=O) groups excluding carboxylic acids is 1. The van der Waals surface area contributed by atoms with Crippen molar-refractivity contribution in [1.29, 1.82) is 0 Å². The maximum Gasteiger partial charge on any atom is 0.262 e. The lowest BCUT2D eigenvalue weighted by atomic mass is 10.0. The Hall–Kier alpha value is -3.27. The quantitative estimate of drug-likeness (QED) is 0.479. The third-order valence-electron chi connectivity index (χ3n) is 5.79. The van der Waals surface area contributed by atoms with Crippen molar-refractivity contribution in [2.45, 2.75) is 30.3 Å². The number of sulfonamides is 1. The predicted molar refractivity (Wildman–Crippen MR) is 111 cm³/mol. The van der Waals surface area contributed by atoms with Crippen molar-refractivity contribution < 1.29 is 22.8 Å². The molecule has 8 nitrogen and oxygen atoms in total. The van der Waals surface area contributed by atoms with E-state index in [1.165, 1.54) is 6.26 Å². The Morgan fingerprint density at radius 1 is 1.16 bits per heavy atom. The number of hydrogen-bond acceptors (Lipinski definition) is 6. The highest BCUT2D eigenvalue weighted by molar-refractivity contribution is 7.89. The van der Waals surface area contributed by atoms with Crippen LogP contribution in [0.5, 0.6) is 0 Å². The molecule has 2 aliphatic rings. The molecule has 1 atom stereocenters. The molecule has 1 unspecified atom stereocenters. The SMILES string of the molecule is O=C(NO)C1Cc2ccoc2CN1S(=O)(=O)c1ccc2c(c1)CC(c1ccncc1)=C2. The molecule has 0 fully saturated rings. The third-order valence-corrected chi connectivity index (χ3v) is 7.64. The molecule has 2 aromatic heterocycles. The fourth-order valence-corrected chi connectivity index (χ4v) is 5.76. The monoisotopic (exact) mass is 437 g/mol. The number of benzene rings is 1. The first-order valence-corrected chi connectivity index (χ1v) is 11.2. The summed E-state index contributed by atoms with van der Waals surface area (Å²) in [5, 5.41) is 9.15. The van der Waals surface area contributed by atoms with Gasteiger partial charge in [-0.3, -0.25) is 15.0 Å². The maximum absolute atomic E-state index is 13.5. The van der Waals surface area contributed by atoms with Gasteiger partial charge in [0.05, 0.1) is 17.7 Å². The van der Waals surface area contributed by atoms with Gasteiger partial charge in [-0.25, -0.2) is 13.9 Å². The number of pyridine rings is 1. The molecule has 1 aromatic carbocycles. The summed E-state index contributed by atoms with van der Waals surface area (Å²) in [5.74, 6) is -0.286. The molecule has 0 saturated carbocycles. The zero-order valence-electron chi connectivity index (χ0n) is 16.4. The molecule has 5 rings (SSSR count). The van der Waals surface area contributed by atoms with Crippen molar-refractivity contribution in [3.05, 3.63) is 83.1 Å². The van der Waals surface area contributed by atoms with E-state index in [4.69, 9.17) is 9.62 Å². The second-order valence-electron chi connectivity index (χ2n) is 7.56. The van der Waals surface area contributed by atoms with Crippen LogP contribution in [-0.2, 0) is 34.2 Å². The minimum Gasteiger partial charge on any atom is -0.468 e. The average molecular weight is 437 g/mol. The lowest BCUT2D eigenvalue weighted by Crippen LogP contribution is -2.51. The molecule has 1 amide bonds. The van der Waals surface area contributed by atoms with Gasteiger partial charge in [0.2, 0.25) is 10.0 Å². The van der Waals surface area contributed by atoms with Crippen molar-refractivity contribution in [3.8, 4) is 0 Å². The van der Waals surface area contributed by atoms with Gasteiger partial charge in [-0.15, -0.1) is 0 Å². The van der Waals surface area contributed by atoms with Gasteiger partial charge < -0.3 is 4.42 Å². The molecule has 1 aliphatic carbocycles. The Bertz CT molecular complexity index is 1300. The van der Waals surface area contributed by atoms with Crippen LogP contribution >= 0.6 is 0 Å². The van der Waals surface area contributed by atoms with Gasteiger partial charge in [-0.2, -0.15) is 4.31 Å². The van der Waals surface area contributed by atoms with Crippen LogP contribution in [0, 0.1) is 0 Å². The summed E-state index contributed by atoms with van der Waals surface area (Å²) in [5.41, 5.74) is 6.32. The van der Waals surface area contributed by atoms with Gasteiger partial charge in [0, 0.05) is 18.8 Å². The van der Waals surface area contributed by atoms with Crippen LogP contribution in [0.3, 0.4) is 0 Å². The molecular formula is C22H19N3O5S. The van der Waals surface area contributed by atoms with E-state index in [9.17, 15) is 13.2 Å². The van der Waals surface area contributed by atoms with Crippen LogP contribution in [0.1, 0.15) is 28.0 Å². The zero-order valence-corrected chi connectivity index (χ0v) is 17.2. The van der Waals surface area contributed by atoms with Gasteiger partial charge >= 0.3 is 0 Å². The molecule has 1 aliphatic heterocycles. The van der Waals surface area contributed by atoms with E-state index in [-0.39, 0.29) is 17.9 Å². The fraction of sp³-hybridized carbons (Fsp3) is 0.182. The molecule has 0 radical (unpaired) electrons. The smallest absolute Gasteiger partial charge is 0.262 e. The summed E-state index contributed by atoms with van der Waals surface area (Å²) < 4.78 is 33.5. The largest absolute Gasteiger partial charge is 0.468 e. The summed E-state index contributed by atoms with van der Waals surface area (Å²) in [6.07, 6.45) is 7.68. The van der Waals surface area contributed by atoms with E-state index in [1.54, 1.807) is 42.1 Å². The number of fused-ring (bicyclic) bond motifs is 2. The van der Waals surface area contributed by atoms with Crippen LogP contribution in [-0.4, -0.2) is 34.9 Å². The summed E-state index contributed by atoms with van der Waals surface area (Å²) in [4.78, 5) is 16.4. The first kappa shape index (κ1) is 19.7. The fourth-order valence-electron chi connectivity index (χ4n) is 4.17. The Kier molecular flexibility index (Phi) is 4.73. The average Bonchev–Trinajstić information content (AvgIpc) is 3.44. The van der Waals surface area contributed by atoms with Crippen molar-refractivity contribution in [3.63, 3.8) is 0 Å². The number of hydroxylamine groups is 1. The molecule has 0 spiro atoms. The molecule has 3 heterocycles. The number of hydrogen-bond donors (Lipinski definition) is 2. The summed E-state index contributed by atoms with van der Waals surface area (Å²) in [6, 6.07) is 9.45. The van der Waals surface area contributed by atoms with Crippen molar-refractivity contribution in [2.24, 2.45) is 0 Å². The molecule has 0 saturated heterocycles. The Balaban J connectivity index is 1.48. The van der Waals surface area contributed by atoms with Crippen LogP contribution in [0.4, 0.5) is 0 Å². The summed E-state index contributed by atoms with van der Waals surface area (Å²) in [7, 11) is -4.02. The molecule has 0 bridgehead atoms. The molecule has 31 heavy (non-hydrogen) atoms. The minimum absolute atomic E-state index is 0.0830. The third kappa shape index (κ3) is 3.36. The lowest BCUT2D eigenvalue weighted by molar-refractivity contribution is -0.133. The van der Waals surface area contributed by atoms with Crippen LogP contribution in [0.25, 0.3) is 11.6 Å². The van der Waals surface area contributed by atoms with E-state index in [0.717, 1.165) is 32.1 Å². The van der Waals surface area contributed by atoms with E-state index in [2.05, 4.69) is 4.98 Å². The molecular weight excluding hydrogens is 418 g/mol. The van der Waals surface area contributed by atoms with E-state index >= 15 is 0 Å². The molecule has 3 aromatic rings. The minimum atomic E-state index is -4.02. The molecule has 158 valence electrons. The number of allylic oxidation sites excluding steroid dienone is 1. The van der Waals surface area contributed by atoms with Crippen LogP contribution in [0.2, 0.25) is 0 Å². The van der Waals surface area contributed by atoms with Gasteiger partial charge in [0.15, 0.2) is 0 Å². The number of rotatable bonds is 4. The zero-order chi connectivity index (χ0) is 21.6. The van der Waals surface area contributed by atoms with E-state index in [0.29, 0.717) is 12.2 Å². The molecule has 2 N–H and O–H groups in total. The number of amides is 1. The van der Waals surface area contributed by atoms with Gasteiger partial charge in [0.25, 0.3) is 5.91 Å². The Labute approximate surface area is 178 Å². The highest BCUT2D eigenvalue weighted by atomic mass is 32.2. The second kappa shape index (κ2) is 7.45. The van der Waals surface area contributed by atoms with Crippen molar-refractivity contribution in [1.82, 2.24) is 14.8 Å². The number of nitrogens with zero attached hydrogens (tertiary/aromatic N) is 2. The number of aromatic nitrogens is 1. The highest BCUT2D eigenvalue weighted by Gasteiger charge is 2.41. The van der Waals surface area contributed by atoms with Crippen LogP contribution < -0.4 is 5.48 Å². The normalized spacial score (nSPS) is 18.2. The number of furan rings is 1. The van der Waals surface area contributed by atoms with Gasteiger partial charge in [-0.05, 0) is 64.6 Å². The van der Waals surface area contributed by atoms with Gasteiger partial charge in [-0.1, -0.05) is 12.1 Å². The summed E-state index contributed by atoms with van der Waals surface area (Å²) in [6.45, 7) is -0.0830. The standard InChI is InChI=1S/C22H19N3O5S/c26-22(24-27)20-12-16-5-8-30-21(16)13-25(20)31(28,29)19-2-1-15-9-17(10-18(15)11-19)14-3-6-23-7-4-14/h1-9,11,20,27H,10,12-13H2,(H,24,26). The number of carbonyl (C=O) groups is 1. The first-order valence-electron chi connectivity index (χ1n) is 9.72. The van der Waals surface area contributed by atoms with E-state index in [1.807, 2.05) is 18.2 Å². The van der Waals surface area contributed by atoms with Gasteiger partial charge in [0.1, 0.15) is 11.8 Å². The van der Waals surface area contributed by atoms with Crippen LogP contribution in [0.15, 0.2) is 64.4 Å². The second-order valence-corrected chi connectivity index (χ2v) is 9.45. The summed E-state index contributed by atoms with van der Waals surface area (Å²) >= 11 is 0. The van der Waals surface area contributed by atoms with E-state index < -0.39 is 22.0 Å². The number of nitrogens with one attached hydrogen (secondary N) is 1. The molecule has 9 heteroatoms. The Morgan fingerprint density at radius 3 is 2.74 bits per heavy atom.